The molecule has 1 aliphatic rings. The lowest BCUT2D eigenvalue weighted by Crippen LogP contribution is -2.41. The molecule has 0 aliphatic carbocycles. The molecule has 0 bridgehead atoms. The molecule has 0 aromatic heterocycles. The number of anilines is 1. The maximum absolute atomic E-state index is 12.8. The summed E-state index contributed by atoms with van der Waals surface area (Å²) in [4.78, 5) is 0.293. The Morgan fingerprint density at radius 2 is 2.10 bits per heavy atom. The van der Waals surface area contributed by atoms with Gasteiger partial charge in [-0.05, 0) is 55.9 Å². The predicted molar refractivity (Wildman–Crippen MR) is 83.7 cm³/mol. The summed E-state index contributed by atoms with van der Waals surface area (Å²) < 4.78 is 32.3. The lowest BCUT2D eigenvalue weighted by molar-refractivity contribution is 0.118. The minimum absolute atomic E-state index is 0.266. The molecule has 1 aromatic rings. The summed E-state index contributed by atoms with van der Waals surface area (Å²) in [5, 5.41) is 0. The molecular formula is C15H24N2O3S. The van der Waals surface area contributed by atoms with Crippen molar-refractivity contribution in [1.82, 2.24) is 4.31 Å². The third-order valence-electron chi connectivity index (χ3n) is 4.20. The molecule has 1 saturated heterocycles. The Kier molecular flexibility index (Phi) is 4.91. The van der Waals surface area contributed by atoms with Crippen molar-refractivity contribution in [3.8, 4) is 0 Å². The van der Waals surface area contributed by atoms with Gasteiger partial charge in [0.05, 0.1) is 11.5 Å². The number of hydrogen-bond donors (Lipinski definition) is 1. The van der Waals surface area contributed by atoms with E-state index in [2.05, 4.69) is 0 Å². The normalized spacial score (nSPS) is 20.6. The first-order valence-electron chi connectivity index (χ1n) is 7.22. The van der Waals surface area contributed by atoms with Gasteiger partial charge >= 0.3 is 0 Å². The molecule has 0 spiro atoms. The van der Waals surface area contributed by atoms with Gasteiger partial charge in [0.1, 0.15) is 0 Å². The van der Waals surface area contributed by atoms with Crippen LogP contribution in [0.4, 0.5) is 5.69 Å². The molecule has 1 aliphatic heterocycles. The van der Waals surface area contributed by atoms with Crippen LogP contribution in [0, 0.1) is 19.8 Å². The van der Waals surface area contributed by atoms with Crippen molar-refractivity contribution in [3.63, 3.8) is 0 Å². The van der Waals surface area contributed by atoms with E-state index in [0.29, 0.717) is 30.3 Å². The molecule has 21 heavy (non-hydrogen) atoms. The zero-order valence-corrected chi connectivity index (χ0v) is 13.7. The highest BCUT2D eigenvalue weighted by molar-refractivity contribution is 7.89. The largest absolute Gasteiger partial charge is 0.398 e. The molecule has 1 unspecified atom stereocenters. The molecular weight excluding hydrogens is 288 g/mol. The Morgan fingerprint density at radius 3 is 2.71 bits per heavy atom. The summed E-state index contributed by atoms with van der Waals surface area (Å²) in [5.41, 5.74) is 8.28. The lowest BCUT2D eigenvalue weighted by Gasteiger charge is -2.31. The smallest absolute Gasteiger partial charge is 0.243 e. The highest BCUT2D eigenvalue weighted by Crippen LogP contribution is 2.27. The number of nitrogens with two attached hydrogens (primary N) is 1. The number of piperidine rings is 1. The average molecular weight is 312 g/mol. The molecule has 1 aromatic carbocycles. The Balaban J connectivity index is 2.29. The van der Waals surface area contributed by atoms with Gasteiger partial charge in [-0.25, -0.2) is 8.42 Å². The topological polar surface area (TPSA) is 72.6 Å². The number of hydrogen-bond acceptors (Lipinski definition) is 4. The molecule has 1 atom stereocenters. The Bertz CT molecular complexity index is 588. The SMILES string of the molecule is COCC1CCCN(S(=O)(=O)c2cc(C)c(C)c(N)c2)C1. The van der Waals surface area contributed by atoms with Crippen molar-refractivity contribution in [2.75, 3.05) is 32.5 Å². The molecule has 1 fully saturated rings. The van der Waals surface area contributed by atoms with Crippen LogP contribution >= 0.6 is 0 Å². The summed E-state index contributed by atoms with van der Waals surface area (Å²) in [6.45, 7) is 5.46. The van der Waals surface area contributed by atoms with E-state index in [1.165, 1.54) is 0 Å². The summed E-state index contributed by atoms with van der Waals surface area (Å²) in [6.07, 6.45) is 1.88. The van der Waals surface area contributed by atoms with Crippen LogP contribution in [-0.4, -0.2) is 39.5 Å². The maximum Gasteiger partial charge on any atom is 0.243 e. The van der Waals surface area contributed by atoms with Gasteiger partial charge < -0.3 is 10.5 Å². The fraction of sp³-hybridized carbons (Fsp3) is 0.600. The van der Waals surface area contributed by atoms with Gasteiger partial charge in [0.15, 0.2) is 0 Å². The van der Waals surface area contributed by atoms with Crippen LogP contribution in [0.3, 0.4) is 0 Å². The number of nitrogen functional groups attached to an aromatic ring is 1. The number of benzene rings is 1. The second-order valence-corrected chi connectivity index (χ2v) is 7.72. The van der Waals surface area contributed by atoms with Crippen molar-refractivity contribution in [1.29, 1.82) is 0 Å². The first kappa shape index (κ1) is 16.3. The number of rotatable bonds is 4. The van der Waals surface area contributed by atoms with Gasteiger partial charge in [-0.2, -0.15) is 4.31 Å². The second kappa shape index (κ2) is 6.34. The minimum Gasteiger partial charge on any atom is -0.398 e. The van der Waals surface area contributed by atoms with Gasteiger partial charge in [0.25, 0.3) is 0 Å². The van der Waals surface area contributed by atoms with Crippen LogP contribution in [0.1, 0.15) is 24.0 Å². The molecule has 5 nitrogen and oxygen atoms in total. The predicted octanol–water partition coefficient (Wildman–Crippen LogP) is 1.93. The van der Waals surface area contributed by atoms with E-state index in [1.54, 1.807) is 23.5 Å². The van der Waals surface area contributed by atoms with E-state index in [0.717, 1.165) is 24.0 Å². The first-order valence-corrected chi connectivity index (χ1v) is 8.66. The quantitative estimate of drug-likeness (QED) is 0.862. The van der Waals surface area contributed by atoms with Crippen molar-refractivity contribution in [3.05, 3.63) is 23.3 Å². The number of ether oxygens (including phenoxy) is 1. The standard InChI is InChI=1S/C15H24N2O3S/c1-11-7-14(8-15(16)12(11)2)21(18,19)17-6-4-5-13(9-17)10-20-3/h7-8,13H,4-6,9-10,16H2,1-3H3. The highest BCUT2D eigenvalue weighted by atomic mass is 32.2. The first-order chi connectivity index (χ1) is 9.86. The molecule has 118 valence electrons. The van der Waals surface area contributed by atoms with Crippen LogP contribution in [0.5, 0.6) is 0 Å². The maximum atomic E-state index is 12.8. The van der Waals surface area contributed by atoms with Crippen molar-refractivity contribution in [2.24, 2.45) is 5.92 Å². The lowest BCUT2D eigenvalue weighted by atomic mass is 10.0. The Hall–Kier alpha value is -1.11. The molecule has 0 amide bonds. The fourth-order valence-electron chi connectivity index (χ4n) is 2.77. The third-order valence-corrected chi connectivity index (χ3v) is 6.05. The van der Waals surface area contributed by atoms with Crippen LogP contribution in [0.25, 0.3) is 0 Å². The molecule has 2 N–H and O–H groups in total. The van der Waals surface area contributed by atoms with E-state index in [4.69, 9.17) is 10.5 Å². The van der Waals surface area contributed by atoms with Crippen LogP contribution < -0.4 is 5.73 Å². The van der Waals surface area contributed by atoms with Crippen LogP contribution in [0.15, 0.2) is 17.0 Å². The van der Waals surface area contributed by atoms with Gasteiger partial charge in [0, 0.05) is 25.9 Å². The van der Waals surface area contributed by atoms with Gasteiger partial charge in [-0.15, -0.1) is 0 Å². The molecule has 0 saturated carbocycles. The Labute approximate surface area is 127 Å². The Morgan fingerprint density at radius 1 is 1.38 bits per heavy atom. The van der Waals surface area contributed by atoms with Crippen LogP contribution in [-0.2, 0) is 14.8 Å². The monoisotopic (exact) mass is 312 g/mol. The third kappa shape index (κ3) is 3.39. The summed E-state index contributed by atoms with van der Waals surface area (Å²) in [7, 11) is -1.83. The van der Waals surface area contributed by atoms with Crippen LogP contribution in [0.2, 0.25) is 0 Å². The average Bonchev–Trinajstić information content (AvgIpc) is 2.45. The van der Waals surface area contributed by atoms with Gasteiger partial charge in [-0.3, -0.25) is 0 Å². The number of sulfonamides is 1. The van der Waals surface area contributed by atoms with E-state index in [9.17, 15) is 8.42 Å². The van der Waals surface area contributed by atoms with Crippen molar-refractivity contribution < 1.29 is 13.2 Å². The molecule has 0 radical (unpaired) electrons. The zero-order chi connectivity index (χ0) is 15.6. The van der Waals surface area contributed by atoms with E-state index >= 15 is 0 Å². The zero-order valence-electron chi connectivity index (χ0n) is 12.9. The summed E-state index contributed by atoms with van der Waals surface area (Å²) in [6, 6.07) is 3.28. The molecule has 1 heterocycles. The fourth-order valence-corrected chi connectivity index (χ4v) is 4.44. The number of nitrogens with zero attached hydrogens (tertiary/aromatic N) is 1. The molecule has 6 heteroatoms. The number of aryl methyl sites for hydroxylation is 1. The van der Waals surface area contributed by atoms with Crippen molar-refractivity contribution >= 4 is 15.7 Å². The highest BCUT2D eigenvalue weighted by Gasteiger charge is 2.30. The van der Waals surface area contributed by atoms with E-state index in [1.807, 2.05) is 13.8 Å². The van der Waals surface area contributed by atoms with Crippen molar-refractivity contribution in [2.45, 2.75) is 31.6 Å². The second-order valence-electron chi connectivity index (χ2n) is 5.78. The van der Waals surface area contributed by atoms with Gasteiger partial charge in [0.2, 0.25) is 10.0 Å². The molecule has 2 rings (SSSR count). The summed E-state index contributed by atoms with van der Waals surface area (Å²) >= 11 is 0. The van der Waals surface area contributed by atoms with E-state index in [-0.39, 0.29) is 5.92 Å². The summed E-state index contributed by atoms with van der Waals surface area (Å²) in [5.74, 6) is 0.266. The van der Waals surface area contributed by atoms with E-state index < -0.39 is 10.0 Å². The van der Waals surface area contributed by atoms with Gasteiger partial charge in [-0.1, -0.05) is 0 Å². The number of methoxy groups -OCH3 is 1. The minimum atomic E-state index is -3.48.